The lowest BCUT2D eigenvalue weighted by Crippen LogP contribution is -2.13. The molecule has 0 aliphatic carbocycles. The lowest BCUT2D eigenvalue weighted by molar-refractivity contribution is -0.384. The Bertz CT molecular complexity index is 621. The van der Waals surface area contributed by atoms with Gasteiger partial charge in [-0.15, -0.1) is 0 Å². The number of thiophene rings is 1. The van der Waals surface area contributed by atoms with Gasteiger partial charge in [0.2, 0.25) is 0 Å². The van der Waals surface area contributed by atoms with Crippen molar-refractivity contribution >= 4 is 45.3 Å². The standard InChI is InChI=1S/C12H10FIN2O3S/c13-8-3-10(11(16(18)19)4-9(8)14)15-5-12(17)7-1-2-20-6-7/h1-4,6,12,15,17H,5H2. The molecule has 1 atom stereocenters. The fourth-order valence-corrected chi connectivity index (χ4v) is 2.78. The lowest BCUT2D eigenvalue weighted by Gasteiger charge is -2.12. The predicted octanol–water partition coefficient (Wildman–Crippen LogP) is 3.55. The maximum absolute atomic E-state index is 13.5. The number of halogens is 2. The van der Waals surface area contributed by atoms with Gasteiger partial charge in [-0.3, -0.25) is 10.1 Å². The van der Waals surface area contributed by atoms with Gasteiger partial charge in [0.25, 0.3) is 5.69 Å². The van der Waals surface area contributed by atoms with Gasteiger partial charge in [0.15, 0.2) is 0 Å². The third-order valence-corrected chi connectivity index (χ3v) is 4.18. The van der Waals surface area contributed by atoms with Crippen molar-refractivity contribution in [2.45, 2.75) is 6.10 Å². The number of hydrogen-bond acceptors (Lipinski definition) is 5. The first-order valence-electron chi connectivity index (χ1n) is 5.56. The average Bonchev–Trinajstić information content (AvgIpc) is 2.93. The molecule has 1 aromatic carbocycles. The number of nitro benzene ring substituents is 1. The van der Waals surface area contributed by atoms with Crippen LogP contribution < -0.4 is 5.32 Å². The van der Waals surface area contributed by atoms with Crippen LogP contribution in [0.2, 0.25) is 0 Å². The van der Waals surface area contributed by atoms with E-state index in [1.54, 1.807) is 34.0 Å². The zero-order chi connectivity index (χ0) is 14.7. The van der Waals surface area contributed by atoms with Gasteiger partial charge in [-0.1, -0.05) is 0 Å². The summed E-state index contributed by atoms with van der Waals surface area (Å²) in [5, 5.41) is 27.2. The number of anilines is 1. The van der Waals surface area contributed by atoms with E-state index in [0.29, 0.717) is 0 Å². The van der Waals surface area contributed by atoms with Crippen molar-refractivity contribution in [1.29, 1.82) is 0 Å². The van der Waals surface area contributed by atoms with Gasteiger partial charge in [-0.05, 0) is 45.0 Å². The second kappa shape index (κ2) is 6.46. The Balaban J connectivity index is 2.16. The SMILES string of the molecule is O=[N+]([O-])c1cc(I)c(F)cc1NCC(O)c1ccsc1. The molecule has 0 fully saturated rings. The minimum absolute atomic E-state index is 0.0576. The lowest BCUT2D eigenvalue weighted by atomic mass is 10.2. The molecule has 20 heavy (non-hydrogen) atoms. The number of hydrogen-bond donors (Lipinski definition) is 2. The second-order valence-electron chi connectivity index (χ2n) is 3.99. The molecule has 1 unspecified atom stereocenters. The van der Waals surface area contributed by atoms with Gasteiger partial charge >= 0.3 is 0 Å². The molecule has 0 amide bonds. The normalized spacial score (nSPS) is 12.2. The minimum Gasteiger partial charge on any atom is -0.387 e. The molecule has 2 aromatic rings. The van der Waals surface area contributed by atoms with Crippen LogP contribution in [-0.4, -0.2) is 16.6 Å². The molecule has 106 valence electrons. The molecule has 0 bridgehead atoms. The summed E-state index contributed by atoms with van der Waals surface area (Å²) in [4.78, 5) is 10.4. The number of benzene rings is 1. The summed E-state index contributed by atoms with van der Waals surface area (Å²) in [6, 6.07) is 4.00. The zero-order valence-electron chi connectivity index (χ0n) is 10.0. The summed E-state index contributed by atoms with van der Waals surface area (Å²) in [7, 11) is 0. The summed E-state index contributed by atoms with van der Waals surface area (Å²) in [6.07, 6.45) is -0.803. The molecule has 1 heterocycles. The number of rotatable bonds is 5. The van der Waals surface area contributed by atoms with Gasteiger partial charge in [0.05, 0.1) is 14.6 Å². The van der Waals surface area contributed by atoms with Crippen molar-refractivity contribution in [2.24, 2.45) is 0 Å². The van der Waals surface area contributed by atoms with Crippen LogP contribution in [0, 0.1) is 19.5 Å². The van der Waals surface area contributed by atoms with Crippen LogP contribution in [0.4, 0.5) is 15.8 Å². The molecule has 2 rings (SSSR count). The molecule has 8 heteroatoms. The van der Waals surface area contributed by atoms with Crippen LogP contribution in [0.5, 0.6) is 0 Å². The third kappa shape index (κ3) is 3.44. The Morgan fingerprint density at radius 2 is 2.30 bits per heavy atom. The minimum atomic E-state index is -0.803. The number of nitrogens with one attached hydrogen (secondary N) is 1. The Morgan fingerprint density at radius 3 is 2.90 bits per heavy atom. The van der Waals surface area contributed by atoms with E-state index < -0.39 is 16.8 Å². The molecule has 5 nitrogen and oxygen atoms in total. The van der Waals surface area contributed by atoms with Crippen LogP contribution in [-0.2, 0) is 0 Å². The second-order valence-corrected chi connectivity index (χ2v) is 5.94. The average molecular weight is 408 g/mol. The molecule has 0 spiro atoms. The molecule has 0 radical (unpaired) electrons. The molecule has 0 saturated heterocycles. The molecular weight excluding hydrogens is 398 g/mol. The number of nitrogens with zero attached hydrogens (tertiary/aromatic N) is 1. The van der Waals surface area contributed by atoms with E-state index >= 15 is 0 Å². The van der Waals surface area contributed by atoms with Crippen LogP contribution in [0.15, 0.2) is 29.0 Å². The Kier molecular flexibility index (Phi) is 4.89. The zero-order valence-corrected chi connectivity index (χ0v) is 13.0. The van der Waals surface area contributed by atoms with Crippen LogP contribution >= 0.6 is 33.9 Å². The maximum atomic E-state index is 13.5. The number of aliphatic hydroxyl groups excluding tert-OH is 1. The topological polar surface area (TPSA) is 75.4 Å². The summed E-state index contributed by atoms with van der Waals surface area (Å²) in [6.45, 7) is 0.0671. The third-order valence-electron chi connectivity index (χ3n) is 2.65. The van der Waals surface area contributed by atoms with Crippen molar-refractivity contribution in [2.75, 3.05) is 11.9 Å². The molecular formula is C12H10FIN2O3S. The van der Waals surface area contributed by atoms with Crippen molar-refractivity contribution in [3.8, 4) is 0 Å². The van der Waals surface area contributed by atoms with E-state index in [1.807, 2.05) is 5.38 Å². The quantitative estimate of drug-likeness (QED) is 0.451. The van der Waals surface area contributed by atoms with Crippen molar-refractivity contribution < 1.29 is 14.4 Å². The number of nitro groups is 1. The molecule has 1 aromatic heterocycles. The van der Waals surface area contributed by atoms with E-state index in [1.165, 1.54) is 11.3 Å². The highest BCUT2D eigenvalue weighted by Gasteiger charge is 2.18. The predicted molar refractivity (Wildman–Crippen MR) is 83.5 cm³/mol. The highest BCUT2D eigenvalue weighted by molar-refractivity contribution is 14.1. The smallest absolute Gasteiger partial charge is 0.293 e. The van der Waals surface area contributed by atoms with Crippen molar-refractivity contribution in [3.05, 3.63) is 54.0 Å². The Morgan fingerprint density at radius 1 is 1.55 bits per heavy atom. The monoisotopic (exact) mass is 408 g/mol. The van der Waals surface area contributed by atoms with Crippen molar-refractivity contribution in [3.63, 3.8) is 0 Å². The molecule has 0 saturated carbocycles. The fourth-order valence-electron chi connectivity index (χ4n) is 1.62. The summed E-state index contributed by atoms with van der Waals surface area (Å²) >= 11 is 3.14. The summed E-state index contributed by atoms with van der Waals surface area (Å²) in [5.74, 6) is -0.538. The summed E-state index contributed by atoms with van der Waals surface area (Å²) in [5.41, 5.74) is 0.562. The van der Waals surface area contributed by atoms with E-state index in [4.69, 9.17) is 0 Å². The first-order valence-corrected chi connectivity index (χ1v) is 7.58. The highest BCUT2D eigenvalue weighted by atomic mass is 127. The van der Waals surface area contributed by atoms with E-state index in [9.17, 15) is 19.6 Å². The van der Waals surface area contributed by atoms with Gasteiger partial charge in [0.1, 0.15) is 11.5 Å². The maximum Gasteiger partial charge on any atom is 0.293 e. The Hall–Kier alpha value is -1.26. The Labute approximate surface area is 131 Å². The first kappa shape index (κ1) is 15.1. The fraction of sp³-hybridized carbons (Fsp3) is 0.167. The van der Waals surface area contributed by atoms with Crippen LogP contribution in [0.3, 0.4) is 0 Å². The molecule has 0 aliphatic rings. The highest BCUT2D eigenvalue weighted by Crippen LogP contribution is 2.29. The van der Waals surface area contributed by atoms with Crippen molar-refractivity contribution in [1.82, 2.24) is 0 Å². The summed E-state index contributed by atoms with van der Waals surface area (Å²) < 4.78 is 13.7. The first-order chi connectivity index (χ1) is 9.49. The van der Waals surface area contributed by atoms with Crippen LogP contribution in [0.1, 0.15) is 11.7 Å². The van der Waals surface area contributed by atoms with E-state index in [0.717, 1.165) is 17.7 Å². The number of aliphatic hydroxyl groups is 1. The molecule has 0 aliphatic heterocycles. The van der Waals surface area contributed by atoms with Crippen LogP contribution in [0.25, 0.3) is 0 Å². The van der Waals surface area contributed by atoms with E-state index in [2.05, 4.69) is 5.32 Å². The van der Waals surface area contributed by atoms with Gasteiger partial charge in [-0.2, -0.15) is 11.3 Å². The van der Waals surface area contributed by atoms with E-state index in [-0.39, 0.29) is 21.5 Å². The van der Waals surface area contributed by atoms with Gasteiger partial charge < -0.3 is 10.4 Å². The van der Waals surface area contributed by atoms with Gasteiger partial charge in [-0.25, -0.2) is 4.39 Å². The van der Waals surface area contributed by atoms with Gasteiger partial charge in [0, 0.05) is 18.7 Å². The molecule has 2 N–H and O–H groups in total. The largest absolute Gasteiger partial charge is 0.387 e.